The molecule has 24 heavy (non-hydrogen) atoms. The van der Waals surface area contributed by atoms with Crippen molar-refractivity contribution in [2.45, 2.75) is 46.2 Å². The molecule has 0 bridgehead atoms. The van der Waals surface area contributed by atoms with Crippen LogP contribution in [-0.2, 0) is 11.2 Å². The molecular weight excluding hydrogens is 316 g/mol. The minimum atomic E-state index is -0.243. The Morgan fingerprint density at radius 3 is 2.38 bits per heavy atom. The van der Waals surface area contributed by atoms with Crippen molar-refractivity contribution < 1.29 is 4.79 Å². The summed E-state index contributed by atoms with van der Waals surface area (Å²) in [6.07, 6.45) is 1.09. The maximum Gasteiger partial charge on any atom is 0.236 e. The monoisotopic (exact) mass is 344 g/mol. The highest BCUT2D eigenvalue weighted by molar-refractivity contribution is 7.10. The predicted molar refractivity (Wildman–Crippen MR) is 102 cm³/mol. The van der Waals surface area contributed by atoms with Crippen molar-refractivity contribution in [2.24, 2.45) is 5.92 Å². The van der Waals surface area contributed by atoms with E-state index in [1.54, 1.807) is 11.3 Å². The highest BCUT2D eigenvalue weighted by atomic mass is 32.1. The lowest BCUT2D eigenvalue weighted by Crippen LogP contribution is -2.43. The Labute approximate surface area is 149 Å². The van der Waals surface area contributed by atoms with Crippen LogP contribution in [0.5, 0.6) is 0 Å². The molecular formula is C20H28N2OS. The zero-order chi connectivity index (χ0) is 17.5. The van der Waals surface area contributed by atoms with Gasteiger partial charge in [0.05, 0.1) is 12.1 Å². The molecule has 2 aromatic rings. The number of thiophene rings is 1. The molecule has 4 heteroatoms. The fraction of sp³-hybridized carbons (Fsp3) is 0.450. The quantitative estimate of drug-likeness (QED) is 0.755. The molecule has 0 aliphatic carbocycles. The van der Waals surface area contributed by atoms with E-state index in [1.165, 1.54) is 16.0 Å². The molecule has 2 atom stereocenters. The first-order valence-electron chi connectivity index (χ1n) is 8.67. The molecule has 0 aliphatic rings. The largest absolute Gasteiger partial charge is 0.355 e. The zero-order valence-electron chi connectivity index (χ0n) is 15.0. The van der Waals surface area contributed by atoms with Crippen molar-refractivity contribution in [3.05, 3.63) is 57.8 Å². The fourth-order valence-corrected chi connectivity index (χ4v) is 3.58. The van der Waals surface area contributed by atoms with E-state index in [0.717, 1.165) is 6.42 Å². The van der Waals surface area contributed by atoms with Crippen LogP contribution < -0.4 is 10.6 Å². The lowest BCUT2D eigenvalue weighted by Gasteiger charge is -2.23. The van der Waals surface area contributed by atoms with Gasteiger partial charge in [0.1, 0.15) is 0 Å². The maximum absolute atomic E-state index is 12.1. The number of amides is 1. The highest BCUT2D eigenvalue weighted by Crippen LogP contribution is 2.27. The third-order valence-corrected chi connectivity index (χ3v) is 4.88. The average molecular weight is 345 g/mol. The Hall–Kier alpha value is -1.65. The number of benzene rings is 1. The smallest absolute Gasteiger partial charge is 0.236 e. The molecule has 1 heterocycles. The van der Waals surface area contributed by atoms with E-state index in [9.17, 15) is 4.79 Å². The summed E-state index contributed by atoms with van der Waals surface area (Å²) in [5, 5.41) is 8.44. The number of hydrogen-bond acceptors (Lipinski definition) is 3. The van der Waals surface area contributed by atoms with Crippen LogP contribution in [-0.4, -0.2) is 18.5 Å². The van der Waals surface area contributed by atoms with E-state index in [1.807, 2.05) is 13.8 Å². The van der Waals surface area contributed by atoms with E-state index in [-0.39, 0.29) is 18.0 Å². The Kier molecular flexibility index (Phi) is 7.00. The van der Waals surface area contributed by atoms with Crippen molar-refractivity contribution in [2.75, 3.05) is 6.54 Å². The van der Waals surface area contributed by atoms with Gasteiger partial charge in [0.2, 0.25) is 5.91 Å². The summed E-state index contributed by atoms with van der Waals surface area (Å²) >= 11 is 1.71. The van der Waals surface area contributed by atoms with Gasteiger partial charge >= 0.3 is 0 Å². The molecule has 3 nitrogen and oxygen atoms in total. The number of likely N-dealkylation sites (N-methyl/N-ethyl adjacent to an activating group) is 1. The fourth-order valence-electron chi connectivity index (χ4n) is 2.77. The van der Waals surface area contributed by atoms with E-state index < -0.39 is 0 Å². The van der Waals surface area contributed by atoms with E-state index in [4.69, 9.17) is 0 Å². The van der Waals surface area contributed by atoms with Crippen LogP contribution in [0.15, 0.2) is 41.8 Å². The van der Waals surface area contributed by atoms with Gasteiger partial charge < -0.3 is 5.32 Å². The van der Waals surface area contributed by atoms with Gasteiger partial charge in [0.15, 0.2) is 0 Å². The van der Waals surface area contributed by atoms with Crippen molar-refractivity contribution in [3.8, 4) is 0 Å². The number of hydrogen-bond donors (Lipinski definition) is 2. The van der Waals surface area contributed by atoms with Gasteiger partial charge in [-0.25, -0.2) is 0 Å². The Bertz CT molecular complexity index is 620. The second-order valence-electron chi connectivity index (χ2n) is 6.57. The molecule has 130 valence electrons. The van der Waals surface area contributed by atoms with Gasteiger partial charge in [-0.3, -0.25) is 10.1 Å². The SMILES string of the molecule is CCNC(=O)[C@H](C)N[C@@H](c1ccc(CC(C)C)cc1)c1cccs1. The third-order valence-electron chi connectivity index (χ3n) is 3.95. The third kappa shape index (κ3) is 5.18. The summed E-state index contributed by atoms with van der Waals surface area (Å²) in [5.74, 6) is 0.690. The average Bonchev–Trinajstić information content (AvgIpc) is 3.07. The molecule has 0 fully saturated rings. The van der Waals surface area contributed by atoms with E-state index >= 15 is 0 Å². The molecule has 0 radical (unpaired) electrons. The van der Waals surface area contributed by atoms with Crippen LogP contribution in [0.3, 0.4) is 0 Å². The molecule has 0 saturated carbocycles. The van der Waals surface area contributed by atoms with Crippen LogP contribution in [0, 0.1) is 5.92 Å². The van der Waals surface area contributed by atoms with Crippen LogP contribution in [0.25, 0.3) is 0 Å². The molecule has 0 aliphatic heterocycles. The lowest BCUT2D eigenvalue weighted by atomic mass is 9.98. The van der Waals surface area contributed by atoms with Crippen LogP contribution >= 0.6 is 11.3 Å². The summed E-state index contributed by atoms with van der Waals surface area (Å²) in [6.45, 7) is 8.97. The van der Waals surface area contributed by atoms with Crippen molar-refractivity contribution >= 4 is 17.2 Å². The molecule has 1 aromatic heterocycles. The molecule has 1 amide bonds. The molecule has 2 rings (SSSR count). The van der Waals surface area contributed by atoms with E-state index in [0.29, 0.717) is 12.5 Å². The van der Waals surface area contributed by atoms with Gasteiger partial charge in [-0.2, -0.15) is 0 Å². The molecule has 0 unspecified atom stereocenters. The summed E-state index contributed by atoms with van der Waals surface area (Å²) in [4.78, 5) is 13.3. The summed E-state index contributed by atoms with van der Waals surface area (Å²) in [6, 6.07) is 12.7. The standard InChI is InChI=1S/C20H28N2OS/c1-5-21-20(23)15(4)22-19(18-7-6-12-24-18)17-10-8-16(9-11-17)13-14(2)3/h6-12,14-15,19,22H,5,13H2,1-4H3,(H,21,23)/t15-,19-/m0/s1. The zero-order valence-corrected chi connectivity index (χ0v) is 15.8. The second-order valence-corrected chi connectivity index (χ2v) is 7.55. The van der Waals surface area contributed by atoms with Crippen molar-refractivity contribution in [1.29, 1.82) is 0 Å². The van der Waals surface area contributed by atoms with Crippen molar-refractivity contribution in [1.82, 2.24) is 10.6 Å². The number of nitrogens with one attached hydrogen (secondary N) is 2. The topological polar surface area (TPSA) is 41.1 Å². The normalized spacial score (nSPS) is 13.7. The lowest BCUT2D eigenvalue weighted by molar-refractivity contribution is -0.122. The number of carbonyl (C=O) groups is 1. The predicted octanol–water partition coefficient (Wildman–Crippen LogP) is 4.15. The Morgan fingerprint density at radius 1 is 1.12 bits per heavy atom. The number of rotatable bonds is 8. The minimum Gasteiger partial charge on any atom is -0.355 e. The first kappa shape index (κ1) is 18.7. The molecule has 0 saturated heterocycles. The first-order valence-corrected chi connectivity index (χ1v) is 9.55. The summed E-state index contributed by atoms with van der Waals surface area (Å²) < 4.78 is 0. The minimum absolute atomic E-state index is 0.0375. The second kappa shape index (κ2) is 9.00. The number of carbonyl (C=O) groups excluding carboxylic acids is 1. The van der Waals surface area contributed by atoms with Crippen molar-refractivity contribution in [3.63, 3.8) is 0 Å². The van der Waals surface area contributed by atoms with Gasteiger partial charge in [-0.1, -0.05) is 44.2 Å². The molecule has 0 spiro atoms. The Morgan fingerprint density at radius 2 is 1.83 bits per heavy atom. The summed E-state index contributed by atoms with van der Waals surface area (Å²) in [7, 11) is 0. The van der Waals surface area contributed by atoms with Gasteiger partial charge in [0.25, 0.3) is 0 Å². The van der Waals surface area contributed by atoms with Gasteiger partial charge in [0, 0.05) is 11.4 Å². The first-order chi connectivity index (χ1) is 11.5. The van der Waals surface area contributed by atoms with Gasteiger partial charge in [-0.05, 0) is 48.8 Å². The van der Waals surface area contributed by atoms with E-state index in [2.05, 4.69) is 66.3 Å². The van der Waals surface area contributed by atoms with Crippen LogP contribution in [0.1, 0.15) is 49.7 Å². The van der Waals surface area contributed by atoms with Crippen LogP contribution in [0.2, 0.25) is 0 Å². The molecule has 1 aromatic carbocycles. The maximum atomic E-state index is 12.1. The Balaban J connectivity index is 2.19. The van der Waals surface area contributed by atoms with Crippen LogP contribution in [0.4, 0.5) is 0 Å². The van der Waals surface area contributed by atoms with Gasteiger partial charge in [-0.15, -0.1) is 11.3 Å². The molecule has 2 N–H and O–H groups in total. The highest BCUT2D eigenvalue weighted by Gasteiger charge is 2.21. The summed E-state index contributed by atoms with van der Waals surface area (Å²) in [5.41, 5.74) is 2.55.